The predicted octanol–water partition coefficient (Wildman–Crippen LogP) is 0.980. The van der Waals surface area contributed by atoms with Gasteiger partial charge < -0.3 is 9.63 Å². The number of piperidine rings is 1. The Bertz CT molecular complexity index is 555. The lowest BCUT2D eigenvalue weighted by molar-refractivity contribution is 0.0145. The average molecular weight is 292 g/mol. The van der Waals surface area contributed by atoms with Crippen molar-refractivity contribution in [3.05, 3.63) is 12.2 Å². The molecule has 0 aromatic carbocycles. The number of rotatable bonds is 5. The van der Waals surface area contributed by atoms with Gasteiger partial charge >= 0.3 is 0 Å². The topological polar surface area (TPSA) is 104 Å². The van der Waals surface area contributed by atoms with Crippen molar-refractivity contribution in [3.8, 4) is 11.6 Å². The molecule has 1 fully saturated rings. The van der Waals surface area contributed by atoms with Gasteiger partial charge in [-0.3, -0.25) is 10.00 Å². The van der Waals surface area contributed by atoms with E-state index < -0.39 is 0 Å². The molecule has 0 amide bonds. The van der Waals surface area contributed by atoms with Crippen LogP contribution in [-0.4, -0.2) is 54.0 Å². The first-order chi connectivity index (χ1) is 10.3. The van der Waals surface area contributed by atoms with Crippen molar-refractivity contribution >= 4 is 0 Å². The highest BCUT2D eigenvalue weighted by Gasteiger charge is 2.29. The van der Waals surface area contributed by atoms with Gasteiger partial charge in [0.05, 0.1) is 12.6 Å². The summed E-state index contributed by atoms with van der Waals surface area (Å²) >= 11 is 0. The third-order valence-electron chi connectivity index (χ3n) is 3.96. The molecule has 21 heavy (non-hydrogen) atoms. The first-order valence-corrected chi connectivity index (χ1v) is 7.38. The summed E-state index contributed by atoms with van der Waals surface area (Å²) < 4.78 is 5.28. The quantitative estimate of drug-likeness (QED) is 0.846. The number of likely N-dealkylation sites (tertiary alicyclic amines) is 1. The second-order valence-corrected chi connectivity index (χ2v) is 5.36. The lowest BCUT2D eigenvalue weighted by Gasteiger charge is -2.37. The number of nitrogens with zero attached hydrogens (tertiary/aromatic N) is 5. The first kappa shape index (κ1) is 14.2. The fourth-order valence-corrected chi connectivity index (χ4v) is 2.82. The molecule has 0 spiro atoms. The van der Waals surface area contributed by atoms with Crippen LogP contribution in [0, 0.1) is 0 Å². The third-order valence-corrected chi connectivity index (χ3v) is 3.96. The molecule has 2 unspecified atom stereocenters. The second-order valence-electron chi connectivity index (χ2n) is 5.36. The summed E-state index contributed by atoms with van der Waals surface area (Å²) in [6.45, 7) is 3.51. The molecule has 8 nitrogen and oxygen atoms in total. The lowest BCUT2D eigenvalue weighted by Crippen LogP contribution is -2.46. The zero-order chi connectivity index (χ0) is 14.7. The van der Waals surface area contributed by atoms with Crippen molar-refractivity contribution in [2.45, 2.75) is 51.3 Å². The Balaban J connectivity index is 1.70. The Morgan fingerprint density at radius 3 is 3.19 bits per heavy atom. The highest BCUT2D eigenvalue weighted by Crippen LogP contribution is 2.23. The van der Waals surface area contributed by atoms with Crippen molar-refractivity contribution in [1.82, 2.24) is 30.2 Å². The molecule has 3 heterocycles. The van der Waals surface area contributed by atoms with Crippen LogP contribution < -0.4 is 0 Å². The SMILES string of the molecule is CCC(O)C1CCCCN1Cc1nc(-c2ncn[nH]2)no1. The summed E-state index contributed by atoms with van der Waals surface area (Å²) in [5.41, 5.74) is 0. The Kier molecular flexibility index (Phi) is 4.26. The van der Waals surface area contributed by atoms with Gasteiger partial charge in [0.25, 0.3) is 0 Å². The molecule has 0 bridgehead atoms. The minimum atomic E-state index is -0.304. The normalized spacial score (nSPS) is 21.5. The average Bonchev–Trinajstić information content (AvgIpc) is 3.18. The molecule has 2 atom stereocenters. The van der Waals surface area contributed by atoms with Gasteiger partial charge in [0, 0.05) is 6.04 Å². The minimum absolute atomic E-state index is 0.171. The molecular formula is C13H20N6O2. The fourth-order valence-electron chi connectivity index (χ4n) is 2.82. The molecule has 3 rings (SSSR count). The molecule has 8 heteroatoms. The monoisotopic (exact) mass is 292 g/mol. The number of H-pyrrole nitrogens is 1. The number of nitrogens with one attached hydrogen (secondary N) is 1. The van der Waals surface area contributed by atoms with Crippen LogP contribution in [0.4, 0.5) is 0 Å². The van der Waals surface area contributed by atoms with Crippen molar-refractivity contribution in [3.63, 3.8) is 0 Å². The van der Waals surface area contributed by atoms with Crippen molar-refractivity contribution in [2.75, 3.05) is 6.54 Å². The Labute approximate surface area is 122 Å². The third kappa shape index (κ3) is 3.11. The van der Waals surface area contributed by atoms with E-state index in [4.69, 9.17) is 4.52 Å². The van der Waals surface area contributed by atoms with Crippen LogP contribution in [0.5, 0.6) is 0 Å². The van der Waals surface area contributed by atoms with Crippen LogP contribution in [0.25, 0.3) is 11.6 Å². The van der Waals surface area contributed by atoms with E-state index in [0.717, 1.165) is 32.2 Å². The van der Waals surface area contributed by atoms with E-state index in [1.165, 1.54) is 6.33 Å². The van der Waals surface area contributed by atoms with E-state index in [1.807, 2.05) is 6.92 Å². The number of aromatic nitrogens is 5. The van der Waals surface area contributed by atoms with E-state index in [2.05, 4.69) is 30.2 Å². The summed E-state index contributed by atoms with van der Waals surface area (Å²) in [6, 6.07) is 0.171. The molecule has 0 aliphatic carbocycles. The van der Waals surface area contributed by atoms with Crippen LogP contribution in [0.2, 0.25) is 0 Å². The Morgan fingerprint density at radius 1 is 1.52 bits per heavy atom. The molecule has 114 valence electrons. The highest BCUT2D eigenvalue weighted by atomic mass is 16.5. The Hall–Kier alpha value is -1.80. The molecule has 2 N–H and O–H groups in total. The molecule has 1 aliphatic rings. The number of hydrogen-bond acceptors (Lipinski definition) is 7. The van der Waals surface area contributed by atoms with Gasteiger partial charge in [-0.15, -0.1) is 0 Å². The standard InChI is InChI=1S/C13H20N6O2/c1-2-10(20)9-5-3-4-6-19(9)7-11-16-13(18-21-11)12-14-8-15-17-12/h8-10,20H,2-7H2,1H3,(H,14,15,17). The second kappa shape index (κ2) is 6.31. The van der Waals surface area contributed by atoms with Crippen molar-refractivity contribution < 1.29 is 9.63 Å². The molecule has 1 saturated heterocycles. The smallest absolute Gasteiger partial charge is 0.241 e. The number of aliphatic hydroxyl groups is 1. The number of aromatic amines is 1. The van der Waals surface area contributed by atoms with Crippen LogP contribution in [0.15, 0.2) is 10.9 Å². The van der Waals surface area contributed by atoms with E-state index in [1.54, 1.807) is 0 Å². The zero-order valence-electron chi connectivity index (χ0n) is 12.1. The molecule has 0 saturated carbocycles. The van der Waals surface area contributed by atoms with Crippen molar-refractivity contribution in [1.29, 1.82) is 0 Å². The lowest BCUT2D eigenvalue weighted by atomic mass is 9.96. The fraction of sp³-hybridized carbons (Fsp3) is 0.692. The number of aliphatic hydroxyl groups excluding tert-OH is 1. The molecule has 2 aromatic heterocycles. The predicted molar refractivity (Wildman–Crippen MR) is 74.0 cm³/mol. The summed E-state index contributed by atoms with van der Waals surface area (Å²) in [7, 11) is 0. The maximum atomic E-state index is 10.2. The van der Waals surface area contributed by atoms with E-state index in [0.29, 0.717) is 24.1 Å². The van der Waals surface area contributed by atoms with Gasteiger partial charge in [-0.2, -0.15) is 10.1 Å². The highest BCUT2D eigenvalue weighted by molar-refractivity contribution is 5.39. The molecule has 0 radical (unpaired) electrons. The molecular weight excluding hydrogens is 272 g/mol. The molecule has 1 aliphatic heterocycles. The first-order valence-electron chi connectivity index (χ1n) is 7.38. The van der Waals surface area contributed by atoms with E-state index >= 15 is 0 Å². The summed E-state index contributed by atoms with van der Waals surface area (Å²) in [4.78, 5) is 10.6. The van der Waals surface area contributed by atoms with Crippen LogP contribution >= 0.6 is 0 Å². The minimum Gasteiger partial charge on any atom is -0.392 e. The summed E-state index contributed by atoms with van der Waals surface area (Å²) in [6.07, 6.45) is 5.17. The Morgan fingerprint density at radius 2 is 2.43 bits per heavy atom. The van der Waals surface area contributed by atoms with Crippen LogP contribution in [-0.2, 0) is 6.54 Å². The van der Waals surface area contributed by atoms with Gasteiger partial charge in [0.15, 0.2) is 5.82 Å². The maximum Gasteiger partial charge on any atom is 0.241 e. The van der Waals surface area contributed by atoms with Gasteiger partial charge in [0.1, 0.15) is 6.33 Å². The van der Waals surface area contributed by atoms with Gasteiger partial charge in [0.2, 0.25) is 11.7 Å². The van der Waals surface area contributed by atoms with Crippen LogP contribution in [0.1, 0.15) is 38.5 Å². The summed E-state index contributed by atoms with van der Waals surface area (Å²) in [5, 5.41) is 20.5. The van der Waals surface area contributed by atoms with Crippen molar-refractivity contribution in [2.24, 2.45) is 0 Å². The molecule has 2 aromatic rings. The van der Waals surface area contributed by atoms with Gasteiger partial charge in [-0.25, -0.2) is 4.98 Å². The van der Waals surface area contributed by atoms with E-state index in [-0.39, 0.29) is 12.1 Å². The largest absolute Gasteiger partial charge is 0.392 e. The zero-order valence-corrected chi connectivity index (χ0v) is 12.1. The summed E-state index contributed by atoms with van der Waals surface area (Å²) in [5.74, 6) is 1.44. The van der Waals surface area contributed by atoms with Gasteiger partial charge in [-0.05, 0) is 25.8 Å². The van der Waals surface area contributed by atoms with Crippen LogP contribution in [0.3, 0.4) is 0 Å². The number of hydrogen-bond donors (Lipinski definition) is 2. The van der Waals surface area contributed by atoms with E-state index in [9.17, 15) is 5.11 Å². The maximum absolute atomic E-state index is 10.2. The van der Waals surface area contributed by atoms with Gasteiger partial charge in [-0.1, -0.05) is 18.5 Å².